The number of benzene rings is 1. The number of carbonyl (C=O) groups excluding carboxylic acids is 1. The van der Waals surface area contributed by atoms with Crippen molar-refractivity contribution in [3.05, 3.63) is 35.4 Å². The SMILES string of the molecule is CC(C(=O)O)N(C(=O)c1cccc(CS(N)(=O)=O)c1)C1CC1. The molecule has 1 unspecified atom stereocenters. The molecule has 0 heterocycles. The first-order valence-corrected chi connectivity index (χ1v) is 8.55. The third-order valence-electron chi connectivity index (χ3n) is 3.49. The van der Waals surface area contributed by atoms with E-state index in [-0.39, 0.29) is 17.4 Å². The Labute approximate surface area is 128 Å². The maximum absolute atomic E-state index is 12.6. The lowest BCUT2D eigenvalue weighted by Crippen LogP contribution is -2.44. The monoisotopic (exact) mass is 326 g/mol. The molecule has 8 heteroatoms. The van der Waals surface area contributed by atoms with Gasteiger partial charge in [0.05, 0.1) is 5.75 Å². The number of sulfonamides is 1. The smallest absolute Gasteiger partial charge is 0.326 e. The molecule has 1 amide bonds. The molecule has 120 valence electrons. The van der Waals surface area contributed by atoms with Gasteiger partial charge in [-0.15, -0.1) is 0 Å². The van der Waals surface area contributed by atoms with Gasteiger partial charge >= 0.3 is 5.97 Å². The van der Waals surface area contributed by atoms with E-state index in [2.05, 4.69) is 0 Å². The summed E-state index contributed by atoms with van der Waals surface area (Å²) in [5, 5.41) is 14.1. The number of hydrogen-bond donors (Lipinski definition) is 2. The molecular weight excluding hydrogens is 308 g/mol. The summed E-state index contributed by atoms with van der Waals surface area (Å²) < 4.78 is 22.3. The van der Waals surface area contributed by atoms with Crippen molar-refractivity contribution in [3.63, 3.8) is 0 Å². The molecule has 22 heavy (non-hydrogen) atoms. The largest absolute Gasteiger partial charge is 0.480 e. The maximum Gasteiger partial charge on any atom is 0.326 e. The number of amides is 1. The first kappa shape index (κ1) is 16.4. The number of nitrogens with zero attached hydrogens (tertiary/aromatic N) is 1. The highest BCUT2D eigenvalue weighted by Crippen LogP contribution is 2.30. The molecule has 1 aromatic carbocycles. The zero-order valence-corrected chi connectivity index (χ0v) is 12.9. The van der Waals surface area contributed by atoms with Gasteiger partial charge in [0.1, 0.15) is 6.04 Å². The molecule has 0 saturated heterocycles. The van der Waals surface area contributed by atoms with E-state index in [0.717, 1.165) is 12.8 Å². The van der Waals surface area contributed by atoms with Gasteiger partial charge in [0, 0.05) is 11.6 Å². The van der Waals surface area contributed by atoms with Gasteiger partial charge in [-0.3, -0.25) is 4.79 Å². The van der Waals surface area contributed by atoms with E-state index in [9.17, 15) is 18.0 Å². The fraction of sp³-hybridized carbons (Fsp3) is 0.429. The molecule has 1 atom stereocenters. The van der Waals surface area contributed by atoms with Crippen molar-refractivity contribution in [1.29, 1.82) is 0 Å². The minimum Gasteiger partial charge on any atom is -0.480 e. The van der Waals surface area contributed by atoms with Crippen molar-refractivity contribution >= 4 is 21.9 Å². The van der Waals surface area contributed by atoms with E-state index in [1.54, 1.807) is 18.2 Å². The van der Waals surface area contributed by atoms with Crippen LogP contribution in [-0.2, 0) is 20.6 Å². The van der Waals surface area contributed by atoms with Crippen LogP contribution in [0.2, 0.25) is 0 Å². The molecule has 1 fully saturated rings. The van der Waals surface area contributed by atoms with Crippen LogP contribution in [-0.4, -0.2) is 42.4 Å². The average Bonchev–Trinajstić information content (AvgIpc) is 3.21. The summed E-state index contributed by atoms with van der Waals surface area (Å²) in [6, 6.07) is 5.10. The van der Waals surface area contributed by atoms with E-state index < -0.39 is 27.9 Å². The van der Waals surface area contributed by atoms with Crippen LogP contribution in [0.4, 0.5) is 0 Å². The van der Waals surface area contributed by atoms with Crippen LogP contribution in [0, 0.1) is 0 Å². The van der Waals surface area contributed by atoms with Crippen LogP contribution in [0.25, 0.3) is 0 Å². The Morgan fingerprint density at radius 1 is 1.41 bits per heavy atom. The van der Waals surface area contributed by atoms with Crippen molar-refractivity contribution in [2.75, 3.05) is 0 Å². The second kappa shape index (κ2) is 6.05. The first-order chi connectivity index (χ1) is 10.2. The fourth-order valence-electron chi connectivity index (χ4n) is 2.31. The second-order valence-corrected chi connectivity index (χ2v) is 7.08. The highest BCUT2D eigenvalue weighted by Gasteiger charge is 2.38. The minimum absolute atomic E-state index is 0.0690. The Morgan fingerprint density at radius 2 is 2.05 bits per heavy atom. The molecule has 1 saturated carbocycles. The summed E-state index contributed by atoms with van der Waals surface area (Å²) in [5.74, 6) is -1.85. The second-order valence-electron chi connectivity index (χ2n) is 5.47. The summed E-state index contributed by atoms with van der Waals surface area (Å²) in [6.45, 7) is 1.47. The molecule has 1 aliphatic rings. The maximum atomic E-state index is 12.6. The predicted octanol–water partition coefficient (Wildman–Crippen LogP) is 0.553. The molecule has 2 rings (SSSR count). The topological polar surface area (TPSA) is 118 Å². The lowest BCUT2D eigenvalue weighted by atomic mass is 10.1. The van der Waals surface area contributed by atoms with Gasteiger partial charge in [0.2, 0.25) is 10.0 Å². The van der Waals surface area contributed by atoms with E-state index >= 15 is 0 Å². The summed E-state index contributed by atoms with van der Waals surface area (Å²) in [4.78, 5) is 25.1. The molecule has 0 bridgehead atoms. The van der Waals surface area contributed by atoms with Crippen LogP contribution in [0.3, 0.4) is 0 Å². The Bertz CT molecular complexity index is 697. The quantitative estimate of drug-likeness (QED) is 0.791. The standard InChI is InChI=1S/C14H18N2O5S/c1-9(14(18)19)16(12-5-6-12)13(17)11-4-2-3-10(7-11)8-22(15,20)21/h2-4,7,9,12H,5-6,8H2,1H3,(H,18,19)(H2,15,20,21). The molecular formula is C14H18N2O5S. The number of hydrogen-bond acceptors (Lipinski definition) is 4. The van der Waals surface area contributed by atoms with Gasteiger partial charge in [-0.25, -0.2) is 18.4 Å². The highest BCUT2D eigenvalue weighted by molar-refractivity contribution is 7.88. The predicted molar refractivity (Wildman–Crippen MR) is 79.5 cm³/mol. The van der Waals surface area contributed by atoms with Crippen molar-refractivity contribution in [1.82, 2.24) is 4.90 Å². The Morgan fingerprint density at radius 3 is 2.55 bits per heavy atom. The van der Waals surface area contributed by atoms with E-state index in [4.69, 9.17) is 10.2 Å². The summed E-state index contributed by atoms with van der Waals surface area (Å²) in [5.41, 5.74) is 0.660. The minimum atomic E-state index is -3.69. The number of aliphatic carboxylic acids is 1. The fourth-order valence-corrected chi connectivity index (χ4v) is 2.95. The summed E-state index contributed by atoms with van der Waals surface area (Å²) in [6.07, 6.45) is 1.56. The molecule has 1 aliphatic carbocycles. The first-order valence-electron chi connectivity index (χ1n) is 6.84. The molecule has 1 aromatic rings. The van der Waals surface area contributed by atoms with Gasteiger partial charge in [-0.2, -0.15) is 0 Å². The molecule has 0 spiro atoms. The molecule has 7 nitrogen and oxygen atoms in total. The number of rotatable bonds is 6. The van der Waals surface area contributed by atoms with Gasteiger partial charge < -0.3 is 10.0 Å². The van der Waals surface area contributed by atoms with E-state index in [1.165, 1.54) is 17.9 Å². The van der Waals surface area contributed by atoms with Gasteiger partial charge in [-0.05, 0) is 37.5 Å². The number of nitrogens with two attached hydrogens (primary N) is 1. The van der Waals surface area contributed by atoms with E-state index in [0.29, 0.717) is 5.56 Å². The van der Waals surface area contributed by atoms with Gasteiger partial charge in [0.15, 0.2) is 0 Å². The van der Waals surface area contributed by atoms with Crippen LogP contribution in [0.15, 0.2) is 24.3 Å². The number of carbonyl (C=O) groups is 2. The van der Waals surface area contributed by atoms with Crippen LogP contribution in [0.5, 0.6) is 0 Å². The van der Waals surface area contributed by atoms with Crippen LogP contribution < -0.4 is 5.14 Å². The van der Waals surface area contributed by atoms with Crippen molar-refractivity contribution in [2.45, 2.75) is 37.6 Å². The Balaban J connectivity index is 2.27. The third kappa shape index (κ3) is 4.05. The average molecular weight is 326 g/mol. The van der Waals surface area contributed by atoms with Crippen molar-refractivity contribution in [2.24, 2.45) is 5.14 Å². The Kier molecular flexibility index (Phi) is 4.52. The number of primary sulfonamides is 1. The highest BCUT2D eigenvalue weighted by atomic mass is 32.2. The van der Waals surface area contributed by atoms with E-state index in [1.807, 2.05) is 0 Å². The summed E-state index contributed by atoms with van der Waals surface area (Å²) >= 11 is 0. The van der Waals surface area contributed by atoms with Gasteiger partial charge in [-0.1, -0.05) is 12.1 Å². The zero-order valence-electron chi connectivity index (χ0n) is 12.1. The van der Waals surface area contributed by atoms with Crippen molar-refractivity contribution in [3.8, 4) is 0 Å². The number of carboxylic acid groups (broad SMARTS) is 1. The third-order valence-corrected chi connectivity index (χ3v) is 4.23. The summed E-state index contributed by atoms with van der Waals surface area (Å²) in [7, 11) is -3.69. The normalized spacial score (nSPS) is 16.1. The van der Waals surface area contributed by atoms with Crippen LogP contribution >= 0.6 is 0 Å². The molecule has 3 N–H and O–H groups in total. The zero-order chi connectivity index (χ0) is 16.5. The number of carboxylic acids is 1. The molecule has 0 aliphatic heterocycles. The lowest BCUT2D eigenvalue weighted by molar-refractivity contribution is -0.141. The van der Waals surface area contributed by atoms with Gasteiger partial charge in [0.25, 0.3) is 5.91 Å². The Hall–Kier alpha value is -1.93. The van der Waals surface area contributed by atoms with Crippen molar-refractivity contribution < 1.29 is 23.1 Å². The lowest BCUT2D eigenvalue weighted by Gasteiger charge is -2.26. The molecule has 0 radical (unpaired) electrons. The molecule has 0 aromatic heterocycles. The van der Waals surface area contributed by atoms with Crippen LogP contribution in [0.1, 0.15) is 35.7 Å².